The molecule has 0 spiro atoms. The van der Waals surface area contributed by atoms with E-state index in [0.29, 0.717) is 92.3 Å². The number of nitrogens with one attached hydrogen (secondary N) is 3. The molecule has 10 rings (SSSR count). The van der Waals surface area contributed by atoms with Crippen molar-refractivity contribution in [3.8, 4) is 34.1 Å². The normalized spacial score (nSPS) is 11.2. The van der Waals surface area contributed by atoms with Gasteiger partial charge in [-0.2, -0.15) is 0 Å². The minimum atomic E-state index is -3.02. The number of fused-ring (bicyclic) bond motifs is 2. The summed E-state index contributed by atoms with van der Waals surface area (Å²) in [6.45, 7) is 1.11. The van der Waals surface area contributed by atoms with Crippen molar-refractivity contribution < 1.29 is 48.7 Å². The molecule has 0 fully saturated rings. The Morgan fingerprint density at radius 3 is 1.52 bits per heavy atom. The van der Waals surface area contributed by atoms with Gasteiger partial charge in [0.2, 0.25) is 0 Å². The number of aromatic nitrogens is 4. The van der Waals surface area contributed by atoms with E-state index < -0.39 is 19.7 Å². The van der Waals surface area contributed by atoms with Gasteiger partial charge in [-0.1, -0.05) is 59.6 Å². The summed E-state index contributed by atoms with van der Waals surface area (Å²) in [5, 5.41) is 11.9. The largest absolute Gasteiger partial charge is 0.487 e. The quantitative estimate of drug-likeness (QED) is 0.0409. The average molecular weight is 1210 g/mol. The fourth-order valence-electron chi connectivity index (χ4n) is 7.71. The minimum absolute atomic E-state index is 0. The van der Waals surface area contributed by atoms with Gasteiger partial charge in [0.25, 0.3) is 0 Å². The zero-order valence-electron chi connectivity index (χ0n) is 43.8. The predicted molar refractivity (Wildman–Crippen MR) is 318 cm³/mol. The highest BCUT2D eigenvalue weighted by atomic mass is 35.5. The van der Waals surface area contributed by atoms with Crippen molar-refractivity contribution in [3.63, 3.8) is 0 Å². The molecule has 0 bridgehead atoms. The van der Waals surface area contributed by atoms with Gasteiger partial charge in [0.1, 0.15) is 97.6 Å². The number of furan rings is 2. The molecule has 0 aliphatic rings. The summed E-state index contributed by atoms with van der Waals surface area (Å²) >= 11 is 12.9. The molecular weight excluding hydrogens is 1160 g/mol. The molecule has 17 nitrogen and oxygen atoms in total. The van der Waals surface area contributed by atoms with Crippen LogP contribution >= 0.6 is 35.6 Å². The molecule has 0 aliphatic heterocycles. The predicted octanol–water partition coefficient (Wildman–Crippen LogP) is 12.4. The average Bonchev–Trinajstić information content (AvgIpc) is 4.25. The second-order valence-corrected chi connectivity index (χ2v) is 23.4. The van der Waals surface area contributed by atoms with Gasteiger partial charge >= 0.3 is 0 Å². The maximum Gasteiger partial charge on any atom is 0.185 e. The molecule has 426 valence electrons. The van der Waals surface area contributed by atoms with Gasteiger partial charge in [0, 0.05) is 70.0 Å². The number of nitrogens with two attached hydrogens (primary N) is 1. The third kappa shape index (κ3) is 17.5. The van der Waals surface area contributed by atoms with E-state index in [1.165, 1.54) is 37.3 Å². The number of hydrogen-bond acceptors (Lipinski definition) is 17. The molecule has 0 saturated carbocycles. The van der Waals surface area contributed by atoms with E-state index in [4.69, 9.17) is 47.2 Å². The fraction of sp³-hybridized carbons (Fsp3) is 0.155. The molecule has 0 aliphatic carbocycles. The first kappa shape index (κ1) is 61.6. The second-order valence-electron chi connectivity index (χ2n) is 18.0. The molecule has 24 heteroatoms. The lowest BCUT2D eigenvalue weighted by Crippen LogP contribution is -2.21. The summed E-state index contributed by atoms with van der Waals surface area (Å²) in [6, 6.07) is 41.7. The number of aldehydes is 1. The molecule has 5 N–H and O–H groups in total. The van der Waals surface area contributed by atoms with Gasteiger partial charge in [-0.25, -0.2) is 45.6 Å². The molecule has 0 saturated heterocycles. The number of anilines is 4. The zero-order chi connectivity index (χ0) is 57.5. The van der Waals surface area contributed by atoms with E-state index in [9.17, 15) is 30.4 Å². The Balaban J connectivity index is 0.000000211. The van der Waals surface area contributed by atoms with Crippen LogP contribution in [0.3, 0.4) is 0 Å². The Kier molecular flexibility index (Phi) is 21.5. The van der Waals surface area contributed by atoms with E-state index in [0.717, 1.165) is 32.9 Å². The fourth-order valence-corrected chi connectivity index (χ4v) is 9.12. The summed E-state index contributed by atoms with van der Waals surface area (Å²) in [5.41, 5.74) is 10.3. The molecule has 0 unspecified atom stereocenters. The van der Waals surface area contributed by atoms with Crippen LogP contribution in [-0.4, -0.2) is 80.2 Å². The van der Waals surface area contributed by atoms with Crippen LogP contribution in [0.15, 0.2) is 167 Å². The summed E-state index contributed by atoms with van der Waals surface area (Å²) in [5.74, 6) is 3.70. The topological polar surface area (TPSA) is 244 Å². The number of hydrogen-bond donors (Lipinski definition) is 4. The van der Waals surface area contributed by atoms with Gasteiger partial charge in [-0.15, -0.1) is 12.4 Å². The van der Waals surface area contributed by atoms with E-state index in [-0.39, 0.29) is 61.1 Å². The molecule has 0 radical (unpaired) electrons. The number of carbonyl (C=O) groups excluding carboxylic acids is 1. The first-order valence-corrected chi connectivity index (χ1v) is 29.6. The third-order valence-electron chi connectivity index (χ3n) is 11.8. The molecule has 82 heavy (non-hydrogen) atoms. The zero-order valence-corrected chi connectivity index (χ0v) is 47.8. The van der Waals surface area contributed by atoms with Crippen molar-refractivity contribution >= 4 is 106 Å². The summed E-state index contributed by atoms with van der Waals surface area (Å²) in [6.07, 6.45) is 5.98. The van der Waals surface area contributed by atoms with Crippen molar-refractivity contribution in [3.05, 3.63) is 203 Å². The van der Waals surface area contributed by atoms with Crippen molar-refractivity contribution in [2.45, 2.75) is 19.8 Å². The van der Waals surface area contributed by atoms with E-state index in [1.54, 1.807) is 84.9 Å². The standard InChI is InChI=1S/C29H26ClFN4O4S.C26H17ClFN3O3.C3H9NO2S.ClH/c1-40(36,37)13-12-32-16-22-8-11-27(39-22)19-6-9-26-23(14-19)29(34-18-33-26)35-21-7-10-28(24(30)15-21)38-17-20-4-2-3-5-25(20)31;27-21-12-18(6-9-25(21)33-14-17-3-1-2-4-22(17)28)31-26-20-11-16(5-8-23(20)29-15-30-26)24-10-7-19(13-32)34-24;1-7(5,6)3-2-4;/h2-11,14-15,18,32H,12-13,16-17H2,1H3,(H,33,34,35);1-13,15H,14H2,(H,29,30,31);2-4H2,1H3;1H. The number of halogens is 5. The number of rotatable bonds is 20. The van der Waals surface area contributed by atoms with Crippen LogP contribution in [0.5, 0.6) is 11.5 Å². The van der Waals surface area contributed by atoms with Crippen LogP contribution in [0.2, 0.25) is 10.0 Å². The lowest BCUT2D eigenvalue weighted by atomic mass is 10.1. The number of sulfone groups is 2. The second kappa shape index (κ2) is 28.6. The van der Waals surface area contributed by atoms with Crippen LogP contribution in [0.4, 0.5) is 31.8 Å². The SMILES string of the molecule is CS(=O)(=O)CCN.CS(=O)(=O)CCNCc1ccc(-c2ccc3ncnc(Nc4ccc(OCc5ccccc5F)c(Cl)c4)c3c2)o1.Cl.O=Cc1ccc(-c2ccc3ncnc(Nc4ccc(OCc5ccccc5F)c(Cl)c4)c3c2)o1. The molecular formula is C58H53Cl3F2N8O9S2. The van der Waals surface area contributed by atoms with Crippen molar-refractivity contribution in [1.29, 1.82) is 0 Å². The highest BCUT2D eigenvalue weighted by molar-refractivity contribution is 7.90. The van der Waals surface area contributed by atoms with Gasteiger partial charge in [-0.3, -0.25) is 4.79 Å². The Labute approximate surface area is 487 Å². The van der Waals surface area contributed by atoms with Crippen LogP contribution in [-0.2, 0) is 39.4 Å². The van der Waals surface area contributed by atoms with Gasteiger partial charge in [-0.05, 0) is 109 Å². The van der Waals surface area contributed by atoms with Crippen molar-refractivity contribution in [2.24, 2.45) is 5.73 Å². The van der Waals surface area contributed by atoms with Gasteiger partial charge < -0.3 is 40.0 Å². The molecule has 4 aromatic heterocycles. The van der Waals surface area contributed by atoms with E-state index in [2.05, 4.69) is 35.9 Å². The Bertz CT molecular complexity index is 4060. The number of ether oxygens (including phenoxy) is 2. The van der Waals surface area contributed by atoms with Crippen molar-refractivity contribution in [2.75, 3.05) is 47.7 Å². The number of nitrogens with zero attached hydrogens (tertiary/aromatic N) is 4. The molecule has 0 amide bonds. The summed E-state index contributed by atoms with van der Waals surface area (Å²) in [7, 11) is -5.82. The summed E-state index contributed by atoms with van der Waals surface area (Å²) < 4.78 is 93.5. The molecule has 10 aromatic rings. The minimum Gasteiger partial charge on any atom is -0.487 e. The van der Waals surface area contributed by atoms with E-state index >= 15 is 0 Å². The molecule has 4 heterocycles. The lowest BCUT2D eigenvalue weighted by Gasteiger charge is -2.12. The first-order valence-electron chi connectivity index (χ1n) is 24.7. The van der Waals surface area contributed by atoms with Crippen LogP contribution in [0, 0.1) is 11.6 Å². The number of benzene rings is 6. The third-order valence-corrected chi connectivity index (χ3v) is 14.3. The van der Waals surface area contributed by atoms with Crippen LogP contribution in [0.25, 0.3) is 44.5 Å². The van der Waals surface area contributed by atoms with Crippen LogP contribution < -0.4 is 31.2 Å². The smallest absolute Gasteiger partial charge is 0.185 e. The monoisotopic (exact) mass is 1210 g/mol. The lowest BCUT2D eigenvalue weighted by molar-refractivity contribution is 0.110. The van der Waals surface area contributed by atoms with E-state index in [1.807, 2.05) is 48.5 Å². The highest BCUT2D eigenvalue weighted by Crippen LogP contribution is 2.35. The maximum atomic E-state index is 13.9. The molecule has 6 aromatic carbocycles. The molecule has 0 atom stereocenters. The Morgan fingerprint density at radius 2 is 1.09 bits per heavy atom. The highest BCUT2D eigenvalue weighted by Gasteiger charge is 2.15. The van der Waals surface area contributed by atoms with Gasteiger partial charge in [0.15, 0.2) is 12.0 Å². The van der Waals surface area contributed by atoms with Crippen LogP contribution in [0.1, 0.15) is 27.4 Å². The Morgan fingerprint density at radius 1 is 0.598 bits per heavy atom. The number of carbonyl (C=O) groups is 1. The summed E-state index contributed by atoms with van der Waals surface area (Å²) in [4.78, 5) is 28.4. The first-order chi connectivity index (χ1) is 38.9. The maximum absolute atomic E-state index is 13.9. The Hall–Kier alpha value is -8.02. The van der Waals surface area contributed by atoms with Crippen molar-refractivity contribution in [1.82, 2.24) is 25.3 Å². The van der Waals surface area contributed by atoms with Gasteiger partial charge in [0.05, 0.1) is 39.1 Å².